The van der Waals surface area contributed by atoms with E-state index in [-0.39, 0.29) is 11.9 Å². The van der Waals surface area contributed by atoms with Gasteiger partial charge in [0, 0.05) is 9.92 Å². The molecule has 1 saturated carbocycles. The molecule has 0 heterocycles. The van der Waals surface area contributed by atoms with Crippen LogP contribution in [0, 0.1) is 5.92 Å². The molecule has 1 aliphatic carbocycles. The Morgan fingerprint density at radius 2 is 1.88 bits per heavy atom. The number of hydrogen-bond acceptors (Lipinski definition) is 3. The third-order valence-corrected chi connectivity index (χ3v) is 5.33. The molecule has 0 saturated heterocycles. The third-order valence-electron chi connectivity index (χ3n) is 4.07. The molecule has 0 radical (unpaired) electrons. The van der Waals surface area contributed by atoms with E-state index in [1.54, 1.807) is 7.11 Å². The van der Waals surface area contributed by atoms with Crippen molar-refractivity contribution < 1.29 is 9.53 Å². The van der Waals surface area contributed by atoms with E-state index in [0.29, 0.717) is 16.7 Å². The molecule has 24 heavy (non-hydrogen) atoms. The summed E-state index contributed by atoms with van der Waals surface area (Å²) in [5, 5.41) is 3.89. The van der Waals surface area contributed by atoms with Crippen LogP contribution in [0.4, 0.5) is 0 Å². The molecule has 5 heteroatoms. The molecule has 0 aliphatic heterocycles. The van der Waals surface area contributed by atoms with Gasteiger partial charge < -0.3 is 10.1 Å². The highest BCUT2D eigenvalue weighted by atomic mass is 35.5. The summed E-state index contributed by atoms with van der Waals surface area (Å²) in [6, 6.07) is 15.6. The number of hydrogen-bond donors (Lipinski definition) is 1. The maximum atomic E-state index is 12.3. The Kier molecular flexibility index (Phi) is 5.69. The van der Waals surface area contributed by atoms with E-state index in [4.69, 9.17) is 16.3 Å². The van der Waals surface area contributed by atoms with E-state index in [0.717, 1.165) is 16.2 Å². The lowest BCUT2D eigenvalue weighted by atomic mass is 10.0. The van der Waals surface area contributed by atoms with Crippen LogP contribution < -0.4 is 10.1 Å². The van der Waals surface area contributed by atoms with Gasteiger partial charge in [0.1, 0.15) is 5.75 Å². The van der Waals surface area contributed by atoms with Crippen LogP contribution in [-0.2, 0) is 4.79 Å². The number of rotatable bonds is 7. The van der Waals surface area contributed by atoms with Crippen molar-refractivity contribution in [3.63, 3.8) is 0 Å². The number of carbonyl (C=O) groups excluding carboxylic acids is 1. The Labute approximate surface area is 151 Å². The second kappa shape index (κ2) is 7.95. The fourth-order valence-corrected chi connectivity index (χ4v) is 3.44. The predicted octanol–water partition coefficient (Wildman–Crippen LogP) is 4.71. The average Bonchev–Trinajstić information content (AvgIpc) is 3.44. The van der Waals surface area contributed by atoms with Gasteiger partial charge in [-0.1, -0.05) is 23.7 Å². The summed E-state index contributed by atoms with van der Waals surface area (Å²) in [6.07, 6.45) is 2.34. The van der Waals surface area contributed by atoms with Gasteiger partial charge in [-0.3, -0.25) is 4.79 Å². The van der Waals surface area contributed by atoms with E-state index in [9.17, 15) is 4.79 Å². The Balaban J connectivity index is 1.58. The first kappa shape index (κ1) is 17.2. The molecule has 1 fully saturated rings. The van der Waals surface area contributed by atoms with Gasteiger partial charge in [0.15, 0.2) is 0 Å². The van der Waals surface area contributed by atoms with E-state index in [1.807, 2.05) is 48.5 Å². The zero-order chi connectivity index (χ0) is 16.9. The number of ether oxygens (including phenoxy) is 1. The molecular weight excluding hydrogens is 342 g/mol. The highest BCUT2D eigenvalue weighted by molar-refractivity contribution is 8.00. The zero-order valence-electron chi connectivity index (χ0n) is 13.5. The second-order valence-corrected chi connectivity index (χ2v) is 7.38. The Hall–Kier alpha value is -1.65. The van der Waals surface area contributed by atoms with Crippen LogP contribution in [0.3, 0.4) is 0 Å². The summed E-state index contributed by atoms with van der Waals surface area (Å²) < 4.78 is 5.20. The van der Waals surface area contributed by atoms with Gasteiger partial charge in [-0.2, -0.15) is 0 Å². The summed E-state index contributed by atoms with van der Waals surface area (Å²) in [5.74, 6) is 1.84. The molecule has 2 aromatic carbocycles. The smallest absolute Gasteiger partial charge is 0.230 e. The number of amides is 1. The number of methoxy groups -OCH3 is 1. The molecule has 1 amide bonds. The first-order valence-corrected chi connectivity index (χ1v) is 9.34. The number of thioether (sulfide) groups is 1. The maximum Gasteiger partial charge on any atom is 0.230 e. The Morgan fingerprint density at radius 3 is 2.46 bits per heavy atom. The highest BCUT2D eigenvalue weighted by Gasteiger charge is 2.33. The van der Waals surface area contributed by atoms with Crippen molar-refractivity contribution in [2.24, 2.45) is 5.92 Å². The van der Waals surface area contributed by atoms with Crippen molar-refractivity contribution >= 4 is 29.3 Å². The lowest BCUT2D eigenvalue weighted by molar-refractivity contribution is -0.119. The maximum absolute atomic E-state index is 12.3. The van der Waals surface area contributed by atoms with Gasteiger partial charge in [0.2, 0.25) is 5.91 Å². The molecule has 3 rings (SSSR count). The summed E-state index contributed by atoms with van der Waals surface area (Å²) in [4.78, 5) is 13.4. The van der Waals surface area contributed by atoms with Crippen LogP contribution in [0.1, 0.15) is 24.4 Å². The Morgan fingerprint density at radius 1 is 1.21 bits per heavy atom. The van der Waals surface area contributed by atoms with Crippen LogP contribution >= 0.6 is 23.4 Å². The van der Waals surface area contributed by atoms with Crippen LogP contribution in [0.2, 0.25) is 5.02 Å². The lowest BCUT2D eigenvalue weighted by Gasteiger charge is -2.19. The van der Waals surface area contributed by atoms with E-state index in [1.165, 1.54) is 24.6 Å². The lowest BCUT2D eigenvalue weighted by Crippen LogP contribution is -2.31. The molecule has 1 unspecified atom stereocenters. The van der Waals surface area contributed by atoms with Gasteiger partial charge in [-0.25, -0.2) is 0 Å². The topological polar surface area (TPSA) is 38.3 Å². The second-order valence-electron chi connectivity index (χ2n) is 5.90. The summed E-state index contributed by atoms with van der Waals surface area (Å²) in [7, 11) is 1.66. The SMILES string of the molecule is COc1ccc(C(NC(=O)CSc2ccc(Cl)cc2)C2CC2)cc1. The standard InChI is InChI=1S/C19H20ClNO2S/c1-23-16-8-4-14(5-9-16)19(13-2-3-13)21-18(22)12-24-17-10-6-15(20)7-11-17/h4-11,13,19H,2-3,12H2,1H3,(H,21,22). The van der Waals surface area contributed by atoms with E-state index >= 15 is 0 Å². The molecule has 1 aliphatic rings. The third kappa shape index (κ3) is 4.68. The molecule has 0 bridgehead atoms. The fourth-order valence-electron chi connectivity index (χ4n) is 2.61. The minimum atomic E-state index is 0.0580. The normalized spacial score (nSPS) is 14.9. The van der Waals surface area contributed by atoms with Crippen molar-refractivity contribution in [1.82, 2.24) is 5.32 Å². The van der Waals surface area contributed by atoms with E-state index in [2.05, 4.69) is 5.32 Å². The summed E-state index contributed by atoms with van der Waals surface area (Å²) in [5.41, 5.74) is 1.14. The van der Waals surface area contributed by atoms with Gasteiger partial charge in [0.25, 0.3) is 0 Å². The molecule has 1 N–H and O–H groups in total. The molecule has 0 spiro atoms. The quantitative estimate of drug-likeness (QED) is 0.726. The molecule has 2 aromatic rings. The number of carbonyl (C=O) groups is 1. The summed E-state index contributed by atoms with van der Waals surface area (Å²) >= 11 is 7.40. The number of benzene rings is 2. The molecular formula is C19H20ClNO2S. The first-order valence-electron chi connectivity index (χ1n) is 7.97. The molecule has 0 aromatic heterocycles. The minimum absolute atomic E-state index is 0.0580. The van der Waals surface area contributed by atoms with Crippen LogP contribution in [0.5, 0.6) is 5.75 Å². The summed E-state index contributed by atoms with van der Waals surface area (Å²) in [6.45, 7) is 0. The molecule has 126 valence electrons. The van der Waals surface area contributed by atoms with Gasteiger partial charge in [0.05, 0.1) is 18.9 Å². The molecule has 1 atom stereocenters. The number of nitrogens with one attached hydrogen (secondary N) is 1. The average molecular weight is 362 g/mol. The van der Waals surface area contributed by atoms with Gasteiger partial charge in [-0.05, 0) is 60.7 Å². The van der Waals surface area contributed by atoms with Gasteiger partial charge in [-0.15, -0.1) is 11.8 Å². The highest BCUT2D eigenvalue weighted by Crippen LogP contribution is 2.41. The first-order chi connectivity index (χ1) is 11.7. The fraction of sp³-hybridized carbons (Fsp3) is 0.316. The van der Waals surface area contributed by atoms with Crippen molar-refractivity contribution in [2.75, 3.05) is 12.9 Å². The largest absolute Gasteiger partial charge is 0.497 e. The van der Waals surface area contributed by atoms with Crippen molar-refractivity contribution in [3.8, 4) is 5.75 Å². The van der Waals surface area contributed by atoms with Crippen LogP contribution in [0.15, 0.2) is 53.4 Å². The van der Waals surface area contributed by atoms with E-state index < -0.39 is 0 Å². The van der Waals surface area contributed by atoms with Crippen molar-refractivity contribution in [1.29, 1.82) is 0 Å². The predicted molar refractivity (Wildman–Crippen MR) is 98.8 cm³/mol. The zero-order valence-corrected chi connectivity index (χ0v) is 15.1. The molecule has 3 nitrogen and oxygen atoms in total. The van der Waals surface area contributed by atoms with Crippen molar-refractivity contribution in [2.45, 2.75) is 23.8 Å². The van der Waals surface area contributed by atoms with Gasteiger partial charge >= 0.3 is 0 Å². The number of halogens is 1. The van der Waals surface area contributed by atoms with Crippen molar-refractivity contribution in [3.05, 3.63) is 59.1 Å². The van der Waals surface area contributed by atoms with Crippen LogP contribution in [0.25, 0.3) is 0 Å². The monoisotopic (exact) mass is 361 g/mol. The minimum Gasteiger partial charge on any atom is -0.497 e. The van der Waals surface area contributed by atoms with Crippen LogP contribution in [-0.4, -0.2) is 18.8 Å². The Bertz CT molecular complexity index is 684.